The van der Waals surface area contributed by atoms with E-state index in [9.17, 15) is 22.8 Å². The molecule has 1 atom stereocenters. The number of amides is 2. The summed E-state index contributed by atoms with van der Waals surface area (Å²) in [4.78, 5) is 27.9. The van der Waals surface area contributed by atoms with Crippen LogP contribution in [0.15, 0.2) is 84.6 Å². The first-order valence-electron chi connectivity index (χ1n) is 11.2. The van der Waals surface area contributed by atoms with Crippen molar-refractivity contribution in [3.05, 3.63) is 107 Å². The molecule has 3 aromatic carbocycles. The number of nitrogens with one attached hydrogen (secondary N) is 1. The number of hydrogen-bond acceptors (Lipinski definition) is 3. The molecule has 1 aliphatic rings. The quantitative estimate of drug-likeness (QED) is 0.469. The Morgan fingerprint density at radius 2 is 1.75 bits per heavy atom. The highest BCUT2D eigenvalue weighted by Crippen LogP contribution is 2.39. The Hall–Kier alpha value is -4.38. The third-order valence-electron chi connectivity index (χ3n) is 6.12. The van der Waals surface area contributed by atoms with Crippen molar-refractivity contribution in [3.63, 3.8) is 0 Å². The van der Waals surface area contributed by atoms with Gasteiger partial charge in [-0.25, -0.2) is 0 Å². The number of nitrogens with zero attached hydrogens (tertiary/aromatic N) is 2. The van der Waals surface area contributed by atoms with Gasteiger partial charge in [-0.2, -0.15) is 18.4 Å². The molecule has 0 saturated carbocycles. The highest BCUT2D eigenvalue weighted by atomic mass is 19.4. The summed E-state index contributed by atoms with van der Waals surface area (Å²) in [7, 11) is 0. The van der Waals surface area contributed by atoms with Crippen LogP contribution in [0.3, 0.4) is 0 Å². The molecule has 1 heterocycles. The third kappa shape index (κ3) is 5.15. The van der Waals surface area contributed by atoms with Crippen molar-refractivity contribution >= 4 is 23.1 Å². The molecule has 1 unspecified atom stereocenters. The van der Waals surface area contributed by atoms with Crippen molar-refractivity contribution < 1.29 is 22.8 Å². The summed E-state index contributed by atoms with van der Waals surface area (Å²) in [6.07, 6.45) is -4.46. The fourth-order valence-corrected chi connectivity index (χ4v) is 4.22. The highest BCUT2D eigenvalue weighted by molar-refractivity contribution is 6.13. The molecule has 0 spiro atoms. The minimum atomic E-state index is -4.58. The van der Waals surface area contributed by atoms with E-state index in [1.54, 1.807) is 31.2 Å². The monoisotopic (exact) mass is 489 g/mol. The lowest BCUT2D eigenvalue weighted by molar-refractivity contribution is -0.138. The van der Waals surface area contributed by atoms with Crippen LogP contribution in [0.5, 0.6) is 0 Å². The van der Waals surface area contributed by atoms with Crippen LogP contribution in [0.2, 0.25) is 0 Å². The van der Waals surface area contributed by atoms with Gasteiger partial charge in [-0.3, -0.25) is 14.5 Å². The predicted molar refractivity (Wildman–Crippen MR) is 129 cm³/mol. The highest BCUT2D eigenvalue weighted by Gasteiger charge is 2.39. The molecule has 2 amide bonds. The first-order chi connectivity index (χ1) is 17.2. The van der Waals surface area contributed by atoms with Crippen molar-refractivity contribution in [2.75, 3.05) is 4.90 Å². The third-order valence-corrected chi connectivity index (χ3v) is 6.12. The number of benzene rings is 3. The van der Waals surface area contributed by atoms with Gasteiger partial charge in [0.25, 0.3) is 0 Å². The van der Waals surface area contributed by atoms with Crippen LogP contribution < -0.4 is 10.2 Å². The Bertz CT molecular complexity index is 1360. The molecular formula is C28H22F3N3O2. The van der Waals surface area contributed by atoms with Gasteiger partial charge in [0.05, 0.1) is 17.2 Å². The number of hydrogen-bond donors (Lipinski definition) is 1. The van der Waals surface area contributed by atoms with E-state index in [0.717, 1.165) is 23.3 Å². The van der Waals surface area contributed by atoms with Crippen molar-refractivity contribution in [1.82, 2.24) is 5.32 Å². The molecule has 182 valence electrons. The number of allylic oxidation sites excluding steroid dienone is 2. The van der Waals surface area contributed by atoms with Crippen molar-refractivity contribution in [3.8, 4) is 6.07 Å². The second-order valence-corrected chi connectivity index (χ2v) is 8.43. The Morgan fingerprint density at radius 3 is 2.39 bits per heavy atom. The standard InChI is InChI=1S/C28H22F3N3O2/c1-18-24(21-6-3-2-4-7-21)15-25(26(35)33-17-20-12-10-19(16-32)11-13-20)27(36)34(18)23-9-5-8-22(14-23)28(29,30)31/h2-14,25H,15,17H2,1H3,(H,33,35). The number of nitriles is 1. The fourth-order valence-electron chi connectivity index (χ4n) is 4.22. The second kappa shape index (κ2) is 10.1. The van der Waals surface area contributed by atoms with Crippen LogP contribution >= 0.6 is 0 Å². The smallest absolute Gasteiger partial charge is 0.351 e. The maximum atomic E-state index is 13.5. The maximum absolute atomic E-state index is 13.5. The molecule has 8 heteroatoms. The van der Waals surface area contributed by atoms with E-state index in [4.69, 9.17) is 5.26 Å². The van der Waals surface area contributed by atoms with Gasteiger partial charge in [0, 0.05) is 17.9 Å². The molecule has 1 aliphatic heterocycles. The van der Waals surface area contributed by atoms with Crippen molar-refractivity contribution in [2.24, 2.45) is 5.92 Å². The number of anilines is 1. The SMILES string of the molecule is CC1=C(c2ccccc2)CC(C(=O)NCc2ccc(C#N)cc2)C(=O)N1c1cccc(C(F)(F)F)c1. The van der Waals surface area contributed by atoms with E-state index < -0.39 is 29.5 Å². The summed E-state index contributed by atoms with van der Waals surface area (Å²) in [5, 5.41) is 11.7. The van der Waals surface area contributed by atoms with Gasteiger partial charge >= 0.3 is 6.18 Å². The molecule has 0 aromatic heterocycles. The van der Waals surface area contributed by atoms with E-state index in [1.807, 2.05) is 36.4 Å². The zero-order chi connectivity index (χ0) is 25.9. The minimum Gasteiger partial charge on any atom is -0.351 e. The van der Waals surface area contributed by atoms with Crippen LogP contribution in [-0.2, 0) is 22.3 Å². The van der Waals surface area contributed by atoms with Crippen LogP contribution in [0.25, 0.3) is 5.57 Å². The summed E-state index contributed by atoms with van der Waals surface area (Å²) in [6.45, 7) is 1.81. The van der Waals surface area contributed by atoms with Gasteiger partial charge in [0.15, 0.2) is 0 Å². The maximum Gasteiger partial charge on any atom is 0.416 e. The number of rotatable bonds is 5. The summed E-state index contributed by atoms with van der Waals surface area (Å²) >= 11 is 0. The van der Waals surface area contributed by atoms with Gasteiger partial charge in [-0.15, -0.1) is 0 Å². The van der Waals surface area contributed by atoms with Crippen LogP contribution in [0.1, 0.15) is 35.6 Å². The van der Waals surface area contributed by atoms with Crippen molar-refractivity contribution in [1.29, 1.82) is 5.26 Å². The number of halogens is 3. The van der Waals surface area contributed by atoms with E-state index in [-0.39, 0.29) is 18.7 Å². The average molecular weight is 489 g/mol. The Balaban J connectivity index is 1.68. The molecule has 1 N–H and O–H groups in total. The van der Waals surface area contributed by atoms with Crippen LogP contribution in [0, 0.1) is 17.2 Å². The van der Waals surface area contributed by atoms with Gasteiger partial charge in [-0.05, 0) is 60.4 Å². The average Bonchev–Trinajstić information content (AvgIpc) is 2.88. The normalized spacial score (nSPS) is 16.0. The minimum absolute atomic E-state index is 0.0466. The van der Waals surface area contributed by atoms with Crippen LogP contribution in [0.4, 0.5) is 18.9 Å². The lowest BCUT2D eigenvalue weighted by atomic mass is 9.86. The zero-order valence-electron chi connectivity index (χ0n) is 19.3. The summed E-state index contributed by atoms with van der Waals surface area (Å²) < 4.78 is 40.2. The number of alkyl halides is 3. The summed E-state index contributed by atoms with van der Waals surface area (Å²) in [6, 6.07) is 22.4. The first kappa shape index (κ1) is 24.7. The molecule has 3 aromatic rings. The molecular weight excluding hydrogens is 467 g/mol. The second-order valence-electron chi connectivity index (χ2n) is 8.43. The Kier molecular flexibility index (Phi) is 6.93. The van der Waals surface area contributed by atoms with Crippen molar-refractivity contribution in [2.45, 2.75) is 26.1 Å². The Labute approximate surface area is 206 Å². The lowest BCUT2D eigenvalue weighted by Crippen LogP contribution is -2.46. The van der Waals surface area contributed by atoms with Crippen LogP contribution in [-0.4, -0.2) is 11.8 Å². The molecule has 5 nitrogen and oxygen atoms in total. The molecule has 0 fully saturated rings. The number of carbonyl (C=O) groups excluding carboxylic acids is 2. The topological polar surface area (TPSA) is 73.2 Å². The predicted octanol–water partition coefficient (Wildman–Crippen LogP) is 5.68. The Morgan fingerprint density at radius 1 is 1.06 bits per heavy atom. The first-order valence-corrected chi connectivity index (χ1v) is 11.2. The zero-order valence-corrected chi connectivity index (χ0v) is 19.3. The number of carbonyl (C=O) groups is 2. The van der Waals surface area contributed by atoms with Gasteiger partial charge in [0.2, 0.25) is 11.8 Å². The molecule has 4 rings (SSSR count). The van der Waals surface area contributed by atoms with Gasteiger partial charge < -0.3 is 5.32 Å². The molecule has 0 saturated heterocycles. The molecule has 0 aliphatic carbocycles. The lowest BCUT2D eigenvalue weighted by Gasteiger charge is -2.35. The van der Waals surface area contributed by atoms with E-state index >= 15 is 0 Å². The van der Waals surface area contributed by atoms with E-state index in [1.165, 1.54) is 17.0 Å². The van der Waals surface area contributed by atoms with E-state index in [2.05, 4.69) is 5.32 Å². The van der Waals surface area contributed by atoms with Gasteiger partial charge in [-0.1, -0.05) is 48.5 Å². The molecule has 0 radical (unpaired) electrons. The summed E-state index contributed by atoms with van der Waals surface area (Å²) in [5.74, 6) is -2.25. The fraction of sp³-hybridized carbons (Fsp3) is 0.179. The van der Waals surface area contributed by atoms with E-state index in [0.29, 0.717) is 16.8 Å². The molecule has 36 heavy (non-hydrogen) atoms. The van der Waals surface area contributed by atoms with Gasteiger partial charge in [0.1, 0.15) is 5.92 Å². The largest absolute Gasteiger partial charge is 0.416 e. The molecule has 0 bridgehead atoms. The summed E-state index contributed by atoms with van der Waals surface area (Å²) in [5.41, 5.74) is 2.35.